The van der Waals surface area contributed by atoms with E-state index in [-0.39, 0.29) is 30.4 Å². The van der Waals surface area contributed by atoms with Crippen molar-refractivity contribution in [2.75, 3.05) is 23.8 Å². The molecular weight excluding hydrogens is 448 g/mol. The van der Waals surface area contributed by atoms with Crippen molar-refractivity contribution in [3.05, 3.63) is 77.9 Å². The van der Waals surface area contributed by atoms with Gasteiger partial charge >= 0.3 is 0 Å². The molecule has 4 aromatic rings. The predicted octanol–water partition coefficient (Wildman–Crippen LogP) is 2.79. The Bertz CT molecular complexity index is 1330. The normalized spacial score (nSPS) is 17.7. The van der Waals surface area contributed by atoms with Crippen molar-refractivity contribution < 1.29 is 19.4 Å². The second-order valence-corrected chi connectivity index (χ2v) is 8.28. The van der Waals surface area contributed by atoms with E-state index in [2.05, 4.69) is 30.6 Å². The van der Waals surface area contributed by atoms with E-state index >= 15 is 0 Å². The number of carbonyl (C=O) groups is 2. The maximum atomic E-state index is 13.4. The fourth-order valence-electron chi connectivity index (χ4n) is 4.06. The molecule has 0 saturated carbocycles. The molecule has 1 aromatic carbocycles. The maximum Gasteiger partial charge on any atom is 0.256 e. The van der Waals surface area contributed by atoms with Crippen LogP contribution < -0.4 is 10.6 Å². The van der Waals surface area contributed by atoms with Crippen LogP contribution in [0.25, 0.3) is 11.0 Å². The number of benzene rings is 1. The molecule has 0 bridgehead atoms. The number of aromatic nitrogens is 4. The van der Waals surface area contributed by atoms with Crippen molar-refractivity contribution in [2.24, 2.45) is 0 Å². The first-order valence-corrected chi connectivity index (χ1v) is 11.3. The first kappa shape index (κ1) is 22.6. The van der Waals surface area contributed by atoms with Gasteiger partial charge in [0.2, 0.25) is 0 Å². The third-order valence-electron chi connectivity index (χ3n) is 5.94. The van der Waals surface area contributed by atoms with E-state index in [1.54, 1.807) is 54.9 Å². The van der Waals surface area contributed by atoms with Crippen molar-refractivity contribution in [3.63, 3.8) is 0 Å². The number of aromatic amines is 1. The van der Waals surface area contributed by atoms with E-state index in [1.807, 2.05) is 0 Å². The highest BCUT2D eigenvalue weighted by atomic mass is 16.5. The lowest BCUT2D eigenvalue weighted by molar-refractivity contribution is -0.0224. The summed E-state index contributed by atoms with van der Waals surface area (Å²) in [6, 6.07) is 11.7. The molecule has 1 saturated heterocycles. The van der Waals surface area contributed by atoms with Crippen LogP contribution in [0.15, 0.2) is 61.2 Å². The number of rotatable bonds is 7. The summed E-state index contributed by atoms with van der Waals surface area (Å²) in [4.78, 5) is 41.6. The summed E-state index contributed by atoms with van der Waals surface area (Å²) in [6.45, 7) is 0.441. The molecule has 1 fully saturated rings. The quantitative estimate of drug-likeness (QED) is 0.301. The summed E-state index contributed by atoms with van der Waals surface area (Å²) in [6.07, 6.45) is 6.06. The average Bonchev–Trinajstić information content (AvgIpc) is 3.35. The van der Waals surface area contributed by atoms with Crippen LogP contribution in [0.2, 0.25) is 0 Å². The molecule has 10 nitrogen and oxygen atoms in total. The summed E-state index contributed by atoms with van der Waals surface area (Å²) in [5, 5.41) is 15.9. The second-order valence-electron chi connectivity index (χ2n) is 8.28. The van der Waals surface area contributed by atoms with Gasteiger partial charge in [-0.25, -0.2) is 15.0 Å². The summed E-state index contributed by atoms with van der Waals surface area (Å²) >= 11 is 0. The zero-order valence-electron chi connectivity index (χ0n) is 18.8. The van der Waals surface area contributed by atoms with Crippen LogP contribution in [0, 0.1) is 0 Å². The highest BCUT2D eigenvalue weighted by Crippen LogP contribution is 2.27. The van der Waals surface area contributed by atoms with Crippen LogP contribution >= 0.6 is 0 Å². The zero-order valence-corrected chi connectivity index (χ0v) is 18.8. The van der Waals surface area contributed by atoms with E-state index < -0.39 is 0 Å². The Morgan fingerprint density at radius 2 is 1.89 bits per heavy atom. The number of ether oxygens (including phenoxy) is 1. The number of nitrogens with zero attached hydrogens (tertiary/aromatic N) is 3. The van der Waals surface area contributed by atoms with Crippen molar-refractivity contribution in [1.82, 2.24) is 19.9 Å². The number of H-pyrrole nitrogens is 1. The van der Waals surface area contributed by atoms with Gasteiger partial charge in [0.15, 0.2) is 5.78 Å². The Balaban J connectivity index is 1.35. The second kappa shape index (κ2) is 10.00. The van der Waals surface area contributed by atoms with E-state index in [0.29, 0.717) is 46.0 Å². The van der Waals surface area contributed by atoms with Gasteiger partial charge in [0, 0.05) is 23.5 Å². The lowest BCUT2D eigenvalue weighted by Gasteiger charge is -2.29. The lowest BCUT2D eigenvalue weighted by Crippen LogP contribution is -2.36. The van der Waals surface area contributed by atoms with E-state index in [0.717, 1.165) is 12.8 Å². The Hall–Kier alpha value is -4.15. The van der Waals surface area contributed by atoms with Crippen molar-refractivity contribution in [3.8, 4) is 0 Å². The van der Waals surface area contributed by atoms with Gasteiger partial charge in [0.25, 0.3) is 5.91 Å². The van der Waals surface area contributed by atoms with Crippen LogP contribution in [0.5, 0.6) is 0 Å². The van der Waals surface area contributed by atoms with Crippen LogP contribution in [0.3, 0.4) is 0 Å². The van der Waals surface area contributed by atoms with Gasteiger partial charge in [0.1, 0.15) is 23.6 Å². The Kier molecular flexibility index (Phi) is 6.47. The number of nitrogens with one attached hydrogen (secondary N) is 3. The number of hydrogen-bond donors (Lipinski definition) is 4. The fraction of sp³-hybridized carbons (Fsp3) is 0.240. The highest BCUT2D eigenvalue weighted by molar-refractivity contribution is 6.18. The van der Waals surface area contributed by atoms with E-state index in [1.165, 1.54) is 6.33 Å². The molecule has 1 aliphatic heterocycles. The molecule has 0 spiro atoms. The lowest BCUT2D eigenvalue weighted by atomic mass is 10.0. The molecule has 0 radical (unpaired) electrons. The molecule has 0 aliphatic carbocycles. The minimum absolute atomic E-state index is 0.00449. The Morgan fingerprint density at radius 3 is 2.60 bits per heavy atom. The molecular formula is C25H24N6O4. The van der Waals surface area contributed by atoms with Crippen molar-refractivity contribution in [2.45, 2.75) is 25.0 Å². The number of ketones is 1. The highest BCUT2D eigenvalue weighted by Gasteiger charge is 2.24. The van der Waals surface area contributed by atoms with Crippen LogP contribution in [0.4, 0.5) is 11.6 Å². The molecule has 3 aromatic heterocycles. The number of fused-ring (bicyclic) bond motifs is 1. The van der Waals surface area contributed by atoms with Gasteiger partial charge in [-0.2, -0.15) is 0 Å². The molecule has 2 atom stereocenters. The average molecular weight is 473 g/mol. The van der Waals surface area contributed by atoms with Crippen LogP contribution in [-0.2, 0) is 4.74 Å². The SMILES string of the molecule is O=C(Nc1ccccn1)c1ccc(C(=O)c2c[nH]c3ncnc(N[C@@H]4CC[C@@H](CO)OC4)c23)cc1. The summed E-state index contributed by atoms with van der Waals surface area (Å²) in [7, 11) is 0. The zero-order chi connectivity index (χ0) is 24.2. The number of anilines is 2. The monoisotopic (exact) mass is 472 g/mol. The first-order chi connectivity index (χ1) is 17.1. The molecule has 10 heteroatoms. The topological polar surface area (TPSA) is 142 Å². The number of aliphatic hydroxyl groups excluding tert-OH is 1. The smallest absolute Gasteiger partial charge is 0.256 e. The molecule has 178 valence electrons. The van der Waals surface area contributed by atoms with Gasteiger partial charge < -0.3 is 25.5 Å². The molecule has 1 amide bonds. The van der Waals surface area contributed by atoms with Crippen molar-refractivity contribution in [1.29, 1.82) is 0 Å². The largest absolute Gasteiger partial charge is 0.394 e. The standard InChI is InChI=1S/C25H24N6O4/c32-12-18-9-8-17(13-35-18)30-24-21-19(11-27-23(21)28-14-29-24)22(33)15-4-6-16(7-5-15)25(34)31-20-3-1-2-10-26-20/h1-7,10-11,14,17-18,32H,8-9,12-13H2,(H,26,31,34)(H2,27,28,29,30)/t17-,18+/m1/s1. The summed E-state index contributed by atoms with van der Waals surface area (Å²) in [5.41, 5.74) is 1.82. The fourth-order valence-corrected chi connectivity index (χ4v) is 4.06. The molecule has 4 heterocycles. The molecule has 35 heavy (non-hydrogen) atoms. The molecule has 0 unspecified atom stereocenters. The van der Waals surface area contributed by atoms with Crippen LogP contribution in [0.1, 0.15) is 39.1 Å². The minimum Gasteiger partial charge on any atom is -0.394 e. The van der Waals surface area contributed by atoms with Gasteiger partial charge in [-0.3, -0.25) is 9.59 Å². The summed E-state index contributed by atoms with van der Waals surface area (Å²) < 4.78 is 5.65. The van der Waals surface area contributed by atoms with Crippen molar-refractivity contribution >= 4 is 34.4 Å². The number of pyridine rings is 1. The first-order valence-electron chi connectivity index (χ1n) is 11.3. The molecule has 4 N–H and O–H groups in total. The predicted molar refractivity (Wildman–Crippen MR) is 129 cm³/mol. The third kappa shape index (κ3) is 4.88. The number of aliphatic hydroxyl groups is 1. The van der Waals surface area contributed by atoms with Gasteiger partial charge in [-0.15, -0.1) is 0 Å². The van der Waals surface area contributed by atoms with E-state index in [4.69, 9.17) is 4.74 Å². The Morgan fingerprint density at radius 1 is 1.06 bits per heavy atom. The van der Waals surface area contributed by atoms with Gasteiger partial charge in [-0.05, 0) is 37.1 Å². The maximum absolute atomic E-state index is 13.4. The molecule has 1 aliphatic rings. The third-order valence-corrected chi connectivity index (χ3v) is 5.94. The molecule has 5 rings (SSSR count). The van der Waals surface area contributed by atoms with Gasteiger partial charge in [0.05, 0.1) is 36.3 Å². The minimum atomic E-state index is -0.312. The number of hydrogen-bond acceptors (Lipinski definition) is 8. The Labute approximate surface area is 200 Å². The van der Waals surface area contributed by atoms with Gasteiger partial charge in [-0.1, -0.05) is 18.2 Å². The number of carbonyl (C=O) groups excluding carboxylic acids is 2. The van der Waals surface area contributed by atoms with Crippen LogP contribution in [-0.4, -0.2) is 62.1 Å². The van der Waals surface area contributed by atoms with E-state index in [9.17, 15) is 14.7 Å². The number of amides is 1. The summed E-state index contributed by atoms with van der Waals surface area (Å²) in [5.74, 6) is 0.465.